The van der Waals surface area contributed by atoms with Crippen molar-refractivity contribution in [1.29, 1.82) is 0 Å². The molecule has 0 aromatic heterocycles. The minimum Gasteiger partial charge on any atom is -0.481 e. The molecule has 0 heterocycles. The van der Waals surface area contributed by atoms with Crippen LogP contribution >= 0.6 is 0 Å². The van der Waals surface area contributed by atoms with Crippen LogP contribution in [0, 0.1) is 5.41 Å². The summed E-state index contributed by atoms with van der Waals surface area (Å²) in [7, 11) is 0. The van der Waals surface area contributed by atoms with Gasteiger partial charge >= 0.3 is 17.9 Å². The lowest BCUT2D eigenvalue weighted by atomic mass is 9.74. The van der Waals surface area contributed by atoms with Gasteiger partial charge in [-0.1, -0.05) is 26.2 Å². The fraction of sp³-hybridized carbons (Fsp3) is 0.750. The molecule has 0 aliphatic rings. The Labute approximate surface area is 106 Å². The maximum Gasteiger partial charge on any atom is 0.303 e. The molecule has 104 valence electrons. The van der Waals surface area contributed by atoms with E-state index in [4.69, 9.17) is 15.3 Å². The molecule has 0 bridgehead atoms. The summed E-state index contributed by atoms with van der Waals surface area (Å²) in [5, 5.41) is 26.5. The molecule has 0 radical (unpaired) electrons. The van der Waals surface area contributed by atoms with Crippen LogP contribution in [0.1, 0.15) is 51.9 Å². The lowest BCUT2D eigenvalue weighted by Crippen LogP contribution is -2.30. The number of carboxylic acid groups (broad SMARTS) is 3. The Bertz CT molecular complexity index is 269. The molecule has 18 heavy (non-hydrogen) atoms. The van der Waals surface area contributed by atoms with Gasteiger partial charge in [-0.05, 0) is 6.42 Å². The lowest BCUT2D eigenvalue weighted by Gasteiger charge is -2.29. The van der Waals surface area contributed by atoms with Crippen molar-refractivity contribution in [3.63, 3.8) is 0 Å². The molecule has 0 rings (SSSR count). The van der Waals surface area contributed by atoms with E-state index < -0.39 is 42.6 Å². The normalized spacial score (nSPS) is 11.2. The van der Waals surface area contributed by atoms with Crippen LogP contribution in [0.4, 0.5) is 0 Å². The Balaban J connectivity index is 4.90. The molecule has 6 nitrogen and oxygen atoms in total. The molecular formula is C12H20O6. The van der Waals surface area contributed by atoms with Crippen LogP contribution < -0.4 is 0 Å². The van der Waals surface area contributed by atoms with Crippen LogP contribution in [0.2, 0.25) is 0 Å². The summed E-state index contributed by atoms with van der Waals surface area (Å²) in [6, 6.07) is 0. The Kier molecular flexibility index (Phi) is 7.00. The number of aliphatic carboxylic acids is 3. The largest absolute Gasteiger partial charge is 0.481 e. The van der Waals surface area contributed by atoms with Crippen molar-refractivity contribution in [2.45, 2.75) is 51.9 Å². The summed E-state index contributed by atoms with van der Waals surface area (Å²) >= 11 is 0. The van der Waals surface area contributed by atoms with E-state index in [1.165, 1.54) is 0 Å². The van der Waals surface area contributed by atoms with Gasteiger partial charge in [-0.2, -0.15) is 0 Å². The second-order valence-electron chi connectivity index (χ2n) is 4.67. The molecule has 0 aromatic rings. The highest BCUT2D eigenvalue weighted by molar-refractivity contribution is 5.75. The SMILES string of the molecule is CCCCCC(CC(=O)O)(CC(=O)O)CC(=O)O. The van der Waals surface area contributed by atoms with Crippen LogP contribution in [0.3, 0.4) is 0 Å². The van der Waals surface area contributed by atoms with Gasteiger partial charge in [0.25, 0.3) is 0 Å². The number of carboxylic acids is 3. The fourth-order valence-electron chi connectivity index (χ4n) is 2.17. The van der Waals surface area contributed by atoms with E-state index >= 15 is 0 Å². The second-order valence-corrected chi connectivity index (χ2v) is 4.67. The Morgan fingerprint density at radius 3 is 1.50 bits per heavy atom. The van der Waals surface area contributed by atoms with Crippen LogP contribution in [-0.2, 0) is 14.4 Å². The molecule has 0 atom stereocenters. The van der Waals surface area contributed by atoms with Crippen molar-refractivity contribution in [1.82, 2.24) is 0 Å². The quantitative estimate of drug-likeness (QED) is 0.518. The van der Waals surface area contributed by atoms with E-state index in [2.05, 4.69) is 0 Å². The van der Waals surface area contributed by atoms with E-state index in [9.17, 15) is 14.4 Å². The summed E-state index contributed by atoms with van der Waals surface area (Å²) in [5.74, 6) is -3.48. The first kappa shape index (κ1) is 16.4. The number of hydrogen-bond acceptors (Lipinski definition) is 3. The standard InChI is InChI=1S/C12H20O6/c1-2-3-4-5-12(6-9(13)14,7-10(15)16)8-11(17)18/h2-8H2,1H3,(H,13,14)(H,15,16)(H,17,18). The molecule has 0 saturated heterocycles. The predicted octanol–water partition coefficient (Wildman–Crippen LogP) is 1.98. The third-order valence-electron chi connectivity index (χ3n) is 2.89. The van der Waals surface area contributed by atoms with Gasteiger partial charge in [-0.3, -0.25) is 14.4 Å². The van der Waals surface area contributed by atoms with Gasteiger partial charge in [0.2, 0.25) is 0 Å². The highest BCUT2D eigenvalue weighted by Gasteiger charge is 2.37. The summed E-state index contributed by atoms with van der Waals surface area (Å²) in [5.41, 5.74) is -1.18. The van der Waals surface area contributed by atoms with Crippen molar-refractivity contribution in [3.8, 4) is 0 Å². The van der Waals surface area contributed by atoms with Crippen LogP contribution in [0.15, 0.2) is 0 Å². The van der Waals surface area contributed by atoms with Crippen LogP contribution in [0.25, 0.3) is 0 Å². The molecule has 0 aliphatic carbocycles. The highest BCUT2D eigenvalue weighted by Crippen LogP contribution is 2.37. The van der Waals surface area contributed by atoms with Gasteiger partial charge in [0.15, 0.2) is 0 Å². The first-order valence-electron chi connectivity index (χ1n) is 5.97. The van der Waals surface area contributed by atoms with Crippen molar-refractivity contribution in [2.24, 2.45) is 5.41 Å². The zero-order chi connectivity index (χ0) is 14.2. The van der Waals surface area contributed by atoms with Gasteiger partial charge < -0.3 is 15.3 Å². The van der Waals surface area contributed by atoms with E-state index in [0.717, 1.165) is 12.8 Å². The topological polar surface area (TPSA) is 112 Å². The van der Waals surface area contributed by atoms with Crippen molar-refractivity contribution < 1.29 is 29.7 Å². The first-order valence-corrected chi connectivity index (χ1v) is 5.97. The highest BCUT2D eigenvalue weighted by atomic mass is 16.4. The molecule has 0 aromatic carbocycles. The molecule has 0 amide bonds. The average Bonchev–Trinajstić information content (AvgIpc) is 2.13. The van der Waals surface area contributed by atoms with Crippen molar-refractivity contribution in [2.75, 3.05) is 0 Å². The van der Waals surface area contributed by atoms with E-state index in [1.54, 1.807) is 0 Å². The molecule has 0 saturated carbocycles. The van der Waals surface area contributed by atoms with Crippen molar-refractivity contribution in [3.05, 3.63) is 0 Å². The molecule has 0 fully saturated rings. The van der Waals surface area contributed by atoms with E-state index in [0.29, 0.717) is 12.8 Å². The van der Waals surface area contributed by atoms with E-state index in [1.807, 2.05) is 6.92 Å². The maximum absolute atomic E-state index is 10.8. The summed E-state index contributed by atoms with van der Waals surface area (Å²) in [6.07, 6.45) is 1.43. The Morgan fingerprint density at radius 1 is 0.833 bits per heavy atom. The number of rotatable bonds is 10. The smallest absolute Gasteiger partial charge is 0.303 e. The van der Waals surface area contributed by atoms with Gasteiger partial charge in [0.1, 0.15) is 0 Å². The summed E-state index contributed by atoms with van der Waals surface area (Å²) in [6.45, 7) is 1.97. The summed E-state index contributed by atoms with van der Waals surface area (Å²) in [4.78, 5) is 32.5. The molecule has 0 spiro atoms. The van der Waals surface area contributed by atoms with Gasteiger partial charge in [0, 0.05) is 5.41 Å². The number of carbonyl (C=O) groups is 3. The molecule has 0 unspecified atom stereocenters. The Hall–Kier alpha value is -1.59. The minimum atomic E-state index is -1.18. The van der Waals surface area contributed by atoms with Gasteiger partial charge in [-0.15, -0.1) is 0 Å². The average molecular weight is 260 g/mol. The van der Waals surface area contributed by atoms with Crippen LogP contribution in [-0.4, -0.2) is 33.2 Å². The maximum atomic E-state index is 10.8. The van der Waals surface area contributed by atoms with Crippen LogP contribution in [0.5, 0.6) is 0 Å². The minimum absolute atomic E-state index is 0.311. The molecular weight excluding hydrogens is 240 g/mol. The number of hydrogen-bond donors (Lipinski definition) is 3. The summed E-state index contributed by atoms with van der Waals surface area (Å²) < 4.78 is 0. The predicted molar refractivity (Wildman–Crippen MR) is 63.3 cm³/mol. The third kappa shape index (κ3) is 6.88. The van der Waals surface area contributed by atoms with Gasteiger partial charge in [-0.25, -0.2) is 0 Å². The van der Waals surface area contributed by atoms with E-state index in [-0.39, 0.29) is 0 Å². The first-order chi connectivity index (χ1) is 8.31. The van der Waals surface area contributed by atoms with Gasteiger partial charge in [0.05, 0.1) is 19.3 Å². The molecule has 3 N–H and O–H groups in total. The monoisotopic (exact) mass is 260 g/mol. The lowest BCUT2D eigenvalue weighted by molar-refractivity contribution is -0.147. The molecule has 6 heteroatoms. The molecule has 0 aliphatic heterocycles. The third-order valence-corrected chi connectivity index (χ3v) is 2.89. The Morgan fingerprint density at radius 2 is 1.22 bits per heavy atom. The number of unbranched alkanes of at least 4 members (excludes halogenated alkanes) is 2. The van der Waals surface area contributed by atoms with Crippen molar-refractivity contribution >= 4 is 17.9 Å². The zero-order valence-corrected chi connectivity index (χ0v) is 10.5. The zero-order valence-electron chi connectivity index (χ0n) is 10.5. The second kappa shape index (κ2) is 7.68. The fourth-order valence-corrected chi connectivity index (χ4v) is 2.17.